The lowest BCUT2D eigenvalue weighted by molar-refractivity contribution is 0.107. The Labute approximate surface area is 176 Å². The van der Waals surface area contributed by atoms with Crippen LogP contribution in [0, 0.1) is 13.8 Å². The molecule has 0 fully saturated rings. The fourth-order valence-corrected chi connectivity index (χ4v) is 3.67. The summed E-state index contributed by atoms with van der Waals surface area (Å²) in [6.45, 7) is 6.76. The molecule has 0 bridgehead atoms. The van der Waals surface area contributed by atoms with E-state index in [1.165, 1.54) is 21.6 Å². The number of nitrogens with zero attached hydrogens (tertiary/aromatic N) is 2. The number of nitrogens with one attached hydrogen (secondary N) is 2. The molecule has 0 aliphatic heterocycles. The van der Waals surface area contributed by atoms with Crippen LogP contribution < -0.4 is 10.6 Å². The first kappa shape index (κ1) is 21.0. The average molecular weight is 409 g/mol. The molecule has 0 amide bonds. The van der Waals surface area contributed by atoms with E-state index in [-0.39, 0.29) is 0 Å². The molecule has 0 atom stereocenters. The van der Waals surface area contributed by atoms with Crippen molar-refractivity contribution in [2.75, 3.05) is 7.05 Å². The first-order valence-corrected chi connectivity index (χ1v) is 10.5. The van der Waals surface area contributed by atoms with Crippen molar-refractivity contribution in [3.63, 3.8) is 0 Å². The molecular weight excluding hydrogens is 380 g/mol. The van der Waals surface area contributed by atoms with Crippen LogP contribution in [0.4, 0.5) is 0 Å². The van der Waals surface area contributed by atoms with Gasteiger partial charge < -0.3 is 15.4 Å². The number of thiazole rings is 1. The molecule has 0 unspecified atom stereocenters. The van der Waals surface area contributed by atoms with E-state index in [1.54, 1.807) is 18.4 Å². The summed E-state index contributed by atoms with van der Waals surface area (Å²) in [4.78, 5) is 10.1. The average Bonchev–Trinajstić information content (AvgIpc) is 3.07. The van der Waals surface area contributed by atoms with Crippen molar-refractivity contribution in [1.29, 1.82) is 0 Å². The van der Waals surface area contributed by atoms with E-state index >= 15 is 0 Å². The molecule has 3 aromatic rings. The van der Waals surface area contributed by atoms with Gasteiger partial charge in [-0.1, -0.05) is 54.6 Å². The van der Waals surface area contributed by atoms with E-state index in [9.17, 15) is 0 Å². The minimum absolute atomic E-state index is 0.610. The highest BCUT2D eigenvalue weighted by Crippen LogP contribution is 2.15. The monoisotopic (exact) mass is 408 g/mol. The second-order valence-electron chi connectivity index (χ2n) is 6.82. The highest BCUT2D eigenvalue weighted by molar-refractivity contribution is 7.11. The van der Waals surface area contributed by atoms with E-state index in [4.69, 9.17) is 4.74 Å². The van der Waals surface area contributed by atoms with Crippen molar-refractivity contribution in [3.05, 3.63) is 86.9 Å². The van der Waals surface area contributed by atoms with Gasteiger partial charge in [-0.05, 0) is 30.5 Å². The van der Waals surface area contributed by atoms with E-state index in [1.807, 2.05) is 25.1 Å². The number of aliphatic imine (C=N–C) groups is 1. The molecule has 29 heavy (non-hydrogen) atoms. The Morgan fingerprint density at radius 2 is 1.52 bits per heavy atom. The Kier molecular flexibility index (Phi) is 7.78. The number of benzene rings is 2. The highest BCUT2D eigenvalue weighted by atomic mass is 32.1. The Bertz CT molecular complexity index is 900. The number of ether oxygens (including phenoxy) is 1. The molecule has 3 rings (SSSR count). The summed E-state index contributed by atoms with van der Waals surface area (Å²) in [5.41, 5.74) is 4.65. The van der Waals surface area contributed by atoms with E-state index in [0.29, 0.717) is 26.3 Å². The summed E-state index contributed by atoms with van der Waals surface area (Å²) in [6.07, 6.45) is 0. The van der Waals surface area contributed by atoms with Gasteiger partial charge in [0.15, 0.2) is 5.96 Å². The van der Waals surface area contributed by atoms with Gasteiger partial charge in [0, 0.05) is 18.5 Å². The number of guanidine groups is 1. The van der Waals surface area contributed by atoms with E-state index in [2.05, 4.69) is 63.9 Å². The number of rotatable bonds is 8. The molecule has 1 aromatic heterocycles. The van der Waals surface area contributed by atoms with Crippen LogP contribution >= 0.6 is 11.3 Å². The molecule has 6 heteroatoms. The molecule has 0 radical (unpaired) electrons. The molecule has 2 aromatic carbocycles. The maximum absolute atomic E-state index is 5.80. The molecule has 0 aliphatic carbocycles. The topological polar surface area (TPSA) is 58.5 Å². The Balaban J connectivity index is 1.41. The summed E-state index contributed by atoms with van der Waals surface area (Å²) in [5.74, 6) is 0.769. The lowest BCUT2D eigenvalue weighted by atomic mass is 10.1. The quantitative estimate of drug-likeness (QED) is 0.430. The predicted octanol–water partition coefficient (Wildman–Crippen LogP) is 4.34. The second kappa shape index (κ2) is 10.7. The number of aromatic nitrogens is 1. The van der Waals surface area contributed by atoms with Crippen LogP contribution in [0.5, 0.6) is 0 Å². The highest BCUT2D eigenvalue weighted by Gasteiger charge is 2.05. The van der Waals surface area contributed by atoms with Crippen LogP contribution in [0.25, 0.3) is 0 Å². The largest absolute Gasteiger partial charge is 0.372 e. The van der Waals surface area contributed by atoms with Crippen LogP contribution in [-0.2, 0) is 31.0 Å². The molecule has 0 spiro atoms. The van der Waals surface area contributed by atoms with Gasteiger partial charge in [-0.25, -0.2) is 4.98 Å². The van der Waals surface area contributed by atoms with Crippen LogP contribution in [0.3, 0.4) is 0 Å². The third-order valence-corrected chi connectivity index (χ3v) is 5.64. The number of aryl methyl sites for hydroxylation is 2. The number of hydrogen-bond acceptors (Lipinski definition) is 4. The SMILES string of the molecule is CN=C(NCc1ccc(COCc2ccccc2)cc1)NCc1nc(C)c(C)s1. The summed E-state index contributed by atoms with van der Waals surface area (Å²) in [7, 11) is 1.78. The third kappa shape index (κ3) is 6.69. The fourth-order valence-electron chi connectivity index (χ4n) is 2.79. The van der Waals surface area contributed by atoms with Crippen LogP contribution in [0.2, 0.25) is 0 Å². The zero-order valence-corrected chi connectivity index (χ0v) is 18.1. The zero-order valence-electron chi connectivity index (χ0n) is 17.2. The molecule has 2 N–H and O–H groups in total. The maximum Gasteiger partial charge on any atom is 0.191 e. The Morgan fingerprint density at radius 3 is 2.14 bits per heavy atom. The predicted molar refractivity (Wildman–Crippen MR) is 120 cm³/mol. The van der Waals surface area contributed by atoms with Gasteiger partial charge in [-0.2, -0.15) is 0 Å². The van der Waals surface area contributed by atoms with Crippen molar-refractivity contribution in [2.24, 2.45) is 4.99 Å². The van der Waals surface area contributed by atoms with Crippen molar-refractivity contribution in [1.82, 2.24) is 15.6 Å². The molecule has 0 aliphatic rings. The third-order valence-electron chi connectivity index (χ3n) is 4.57. The van der Waals surface area contributed by atoms with Gasteiger partial charge in [0.2, 0.25) is 0 Å². The van der Waals surface area contributed by atoms with Gasteiger partial charge in [0.25, 0.3) is 0 Å². The molecule has 1 heterocycles. The maximum atomic E-state index is 5.80. The summed E-state index contributed by atoms with van der Waals surface area (Å²) in [5, 5.41) is 7.74. The van der Waals surface area contributed by atoms with Gasteiger partial charge in [-0.3, -0.25) is 4.99 Å². The van der Waals surface area contributed by atoms with Gasteiger partial charge in [0.1, 0.15) is 5.01 Å². The first-order valence-electron chi connectivity index (χ1n) is 9.71. The first-order chi connectivity index (χ1) is 14.1. The van der Waals surface area contributed by atoms with Gasteiger partial charge >= 0.3 is 0 Å². The Hall–Kier alpha value is -2.70. The Morgan fingerprint density at radius 1 is 0.897 bits per heavy atom. The van der Waals surface area contributed by atoms with Crippen molar-refractivity contribution in [3.8, 4) is 0 Å². The normalized spacial score (nSPS) is 11.5. The minimum atomic E-state index is 0.610. The minimum Gasteiger partial charge on any atom is -0.372 e. The molecule has 0 saturated carbocycles. The zero-order chi connectivity index (χ0) is 20.5. The van der Waals surface area contributed by atoms with Crippen molar-refractivity contribution in [2.45, 2.75) is 40.2 Å². The van der Waals surface area contributed by atoms with Gasteiger partial charge in [-0.15, -0.1) is 11.3 Å². The fraction of sp³-hybridized carbons (Fsp3) is 0.304. The molecule has 152 valence electrons. The molecular formula is C23H28N4OS. The summed E-state index contributed by atoms with van der Waals surface area (Å²) in [6, 6.07) is 18.7. The summed E-state index contributed by atoms with van der Waals surface area (Å²) >= 11 is 1.72. The lowest BCUT2D eigenvalue weighted by Crippen LogP contribution is -2.36. The van der Waals surface area contributed by atoms with Crippen LogP contribution in [0.1, 0.15) is 32.3 Å². The standard InChI is InChI=1S/C23H28N4OS/c1-17-18(2)29-22(27-17)14-26-23(24-3)25-13-19-9-11-21(12-10-19)16-28-15-20-7-5-4-6-8-20/h4-12H,13-16H2,1-3H3,(H2,24,25,26). The second-order valence-corrected chi connectivity index (χ2v) is 8.11. The summed E-state index contributed by atoms with van der Waals surface area (Å²) < 4.78 is 5.80. The molecule has 5 nitrogen and oxygen atoms in total. The number of hydrogen-bond donors (Lipinski definition) is 2. The van der Waals surface area contributed by atoms with E-state index < -0.39 is 0 Å². The smallest absolute Gasteiger partial charge is 0.191 e. The van der Waals surface area contributed by atoms with Crippen LogP contribution in [-0.4, -0.2) is 18.0 Å². The van der Waals surface area contributed by atoms with E-state index in [0.717, 1.165) is 16.7 Å². The van der Waals surface area contributed by atoms with Crippen molar-refractivity contribution < 1.29 is 4.74 Å². The van der Waals surface area contributed by atoms with Crippen LogP contribution in [0.15, 0.2) is 59.6 Å². The van der Waals surface area contributed by atoms with Crippen molar-refractivity contribution >= 4 is 17.3 Å². The lowest BCUT2D eigenvalue weighted by Gasteiger charge is -2.11. The molecule has 0 saturated heterocycles. The van der Waals surface area contributed by atoms with Gasteiger partial charge in [0.05, 0.1) is 25.5 Å².